The van der Waals surface area contributed by atoms with Crippen molar-refractivity contribution in [2.24, 2.45) is 11.7 Å². The fraction of sp³-hybridized carbons (Fsp3) is 0.269. The van der Waals surface area contributed by atoms with Gasteiger partial charge in [0.2, 0.25) is 5.91 Å². The Morgan fingerprint density at radius 2 is 1.85 bits per heavy atom. The number of nitrogens with one attached hydrogen (secondary N) is 2. The van der Waals surface area contributed by atoms with Gasteiger partial charge in [-0.15, -0.1) is 0 Å². The maximum Gasteiger partial charge on any atom is 0.243 e. The van der Waals surface area contributed by atoms with Crippen molar-refractivity contribution < 1.29 is 4.79 Å². The third-order valence-corrected chi connectivity index (χ3v) is 6.66. The molecular formula is C26H28N6O. The SMILES string of the molecule is NC(=O)C(Cc1ccccc1)(Nc1ccccc1)[C@@H]1CCCN(c2ncnc3[nH]ccc23)C1. The maximum atomic E-state index is 13.3. The number of aromatic nitrogens is 3. The number of carbonyl (C=O) groups excluding carboxylic acids is 1. The minimum atomic E-state index is -0.939. The first-order valence-corrected chi connectivity index (χ1v) is 11.4. The van der Waals surface area contributed by atoms with E-state index < -0.39 is 5.54 Å². The number of anilines is 2. The first kappa shape index (κ1) is 21.0. The van der Waals surface area contributed by atoms with Crippen molar-refractivity contribution in [2.75, 3.05) is 23.3 Å². The zero-order chi connectivity index (χ0) is 22.7. The minimum absolute atomic E-state index is 0.00637. The lowest BCUT2D eigenvalue weighted by Gasteiger charge is -2.45. The van der Waals surface area contributed by atoms with Gasteiger partial charge < -0.3 is 20.9 Å². The number of rotatable bonds is 7. The molecule has 1 unspecified atom stereocenters. The average Bonchev–Trinajstić information content (AvgIpc) is 3.34. The van der Waals surface area contributed by atoms with Crippen molar-refractivity contribution in [1.82, 2.24) is 15.0 Å². The van der Waals surface area contributed by atoms with Crippen LogP contribution in [0.25, 0.3) is 11.0 Å². The number of piperidine rings is 1. The van der Waals surface area contributed by atoms with Crippen LogP contribution in [0.15, 0.2) is 79.3 Å². The number of para-hydroxylation sites is 1. The molecule has 0 spiro atoms. The second kappa shape index (κ2) is 8.94. The predicted molar refractivity (Wildman–Crippen MR) is 131 cm³/mol. The molecule has 0 saturated carbocycles. The summed E-state index contributed by atoms with van der Waals surface area (Å²) in [5.41, 5.74) is 8.05. The van der Waals surface area contributed by atoms with Crippen LogP contribution in [0.2, 0.25) is 0 Å². The molecule has 7 heteroatoms. The monoisotopic (exact) mass is 440 g/mol. The minimum Gasteiger partial charge on any atom is -0.371 e. The number of H-pyrrole nitrogens is 1. The molecule has 4 aromatic rings. The highest BCUT2D eigenvalue weighted by molar-refractivity contribution is 5.90. The predicted octanol–water partition coefficient (Wildman–Crippen LogP) is 3.75. The number of fused-ring (bicyclic) bond motifs is 1. The summed E-state index contributed by atoms with van der Waals surface area (Å²) < 4.78 is 0. The molecule has 168 valence electrons. The van der Waals surface area contributed by atoms with Crippen LogP contribution in [0.5, 0.6) is 0 Å². The van der Waals surface area contributed by atoms with E-state index in [0.29, 0.717) is 13.0 Å². The molecule has 1 aliphatic rings. The molecule has 1 amide bonds. The van der Waals surface area contributed by atoms with Gasteiger partial charge in [-0.25, -0.2) is 9.97 Å². The summed E-state index contributed by atoms with van der Waals surface area (Å²) in [6, 6.07) is 22.0. The smallest absolute Gasteiger partial charge is 0.243 e. The molecule has 33 heavy (non-hydrogen) atoms. The standard InChI is InChI=1S/C26H28N6O/c27-25(33)26(16-19-8-3-1-4-9-19,31-21-11-5-2-6-12-21)20-10-7-15-32(17-20)24-22-13-14-28-23(22)29-18-30-24/h1-6,8-9,11-14,18,20,31H,7,10,15-17H2,(H2,27,33)(H,28,29,30)/t20-,26?/m1/s1. The zero-order valence-electron chi connectivity index (χ0n) is 18.4. The van der Waals surface area contributed by atoms with E-state index in [2.05, 4.69) is 37.3 Å². The summed E-state index contributed by atoms with van der Waals surface area (Å²) in [5.74, 6) is 0.549. The van der Waals surface area contributed by atoms with Gasteiger partial charge >= 0.3 is 0 Å². The molecule has 0 radical (unpaired) electrons. The fourth-order valence-corrected chi connectivity index (χ4v) is 5.02. The van der Waals surface area contributed by atoms with Gasteiger partial charge in [0.1, 0.15) is 23.3 Å². The number of amides is 1. The summed E-state index contributed by atoms with van der Waals surface area (Å²) in [7, 11) is 0. The fourth-order valence-electron chi connectivity index (χ4n) is 5.02. The van der Waals surface area contributed by atoms with Crippen LogP contribution in [0.3, 0.4) is 0 Å². The number of carbonyl (C=O) groups is 1. The van der Waals surface area contributed by atoms with E-state index in [4.69, 9.17) is 5.73 Å². The topological polar surface area (TPSA) is 99.9 Å². The van der Waals surface area contributed by atoms with E-state index in [1.54, 1.807) is 6.33 Å². The first-order chi connectivity index (χ1) is 16.2. The van der Waals surface area contributed by atoms with Crippen molar-refractivity contribution in [3.63, 3.8) is 0 Å². The largest absolute Gasteiger partial charge is 0.371 e. The Morgan fingerprint density at radius 1 is 1.09 bits per heavy atom. The van der Waals surface area contributed by atoms with Crippen molar-refractivity contribution in [1.29, 1.82) is 0 Å². The van der Waals surface area contributed by atoms with Crippen molar-refractivity contribution in [2.45, 2.75) is 24.8 Å². The van der Waals surface area contributed by atoms with Crippen molar-refractivity contribution in [3.05, 3.63) is 84.8 Å². The van der Waals surface area contributed by atoms with Gasteiger partial charge in [0.25, 0.3) is 0 Å². The van der Waals surface area contributed by atoms with E-state index in [1.165, 1.54) is 0 Å². The van der Waals surface area contributed by atoms with E-state index in [0.717, 1.165) is 47.5 Å². The number of benzene rings is 2. The molecule has 7 nitrogen and oxygen atoms in total. The lowest BCUT2D eigenvalue weighted by Crippen LogP contribution is -2.61. The molecule has 1 aliphatic heterocycles. The number of hydrogen-bond donors (Lipinski definition) is 3. The van der Waals surface area contributed by atoms with Crippen LogP contribution >= 0.6 is 0 Å². The molecule has 0 aliphatic carbocycles. The number of aromatic amines is 1. The Morgan fingerprint density at radius 3 is 2.61 bits per heavy atom. The lowest BCUT2D eigenvalue weighted by atomic mass is 9.74. The molecule has 4 N–H and O–H groups in total. The number of nitrogens with zero attached hydrogens (tertiary/aromatic N) is 3. The highest BCUT2D eigenvalue weighted by Crippen LogP contribution is 2.36. The van der Waals surface area contributed by atoms with Gasteiger partial charge in [-0.2, -0.15) is 0 Å². The summed E-state index contributed by atoms with van der Waals surface area (Å²) >= 11 is 0. The number of primary amides is 1. The average molecular weight is 441 g/mol. The molecule has 3 heterocycles. The molecule has 2 aromatic heterocycles. The quantitative estimate of drug-likeness (QED) is 0.406. The van der Waals surface area contributed by atoms with Crippen molar-refractivity contribution >= 4 is 28.4 Å². The highest BCUT2D eigenvalue weighted by atomic mass is 16.1. The van der Waals surface area contributed by atoms with Gasteiger partial charge in [0, 0.05) is 37.3 Å². The Bertz CT molecular complexity index is 1180. The van der Waals surface area contributed by atoms with E-state index >= 15 is 0 Å². The van der Waals surface area contributed by atoms with Crippen molar-refractivity contribution in [3.8, 4) is 0 Å². The zero-order valence-corrected chi connectivity index (χ0v) is 18.4. The van der Waals surface area contributed by atoms with Crippen LogP contribution in [0, 0.1) is 5.92 Å². The summed E-state index contributed by atoms with van der Waals surface area (Å²) in [6.45, 7) is 1.55. The first-order valence-electron chi connectivity index (χ1n) is 11.4. The highest BCUT2D eigenvalue weighted by Gasteiger charge is 2.46. The van der Waals surface area contributed by atoms with E-state index in [-0.39, 0.29) is 11.8 Å². The number of nitrogens with two attached hydrogens (primary N) is 1. The molecule has 5 rings (SSSR count). The van der Waals surface area contributed by atoms with Gasteiger partial charge in [0.15, 0.2) is 0 Å². The third kappa shape index (κ3) is 4.14. The second-order valence-corrected chi connectivity index (χ2v) is 8.71. The molecular weight excluding hydrogens is 412 g/mol. The van der Waals surface area contributed by atoms with Gasteiger partial charge in [-0.1, -0.05) is 48.5 Å². The van der Waals surface area contributed by atoms with Gasteiger partial charge in [-0.3, -0.25) is 4.79 Å². The molecule has 1 fully saturated rings. The Balaban J connectivity index is 1.53. The van der Waals surface area contributed by atoms with Crippen LogP contribution in [0.1, 0.15) is 18.4 Å². The van der Waals surface area contributed by atoms with Crippen LogP contribution in [0.4, 0.5) is 11.5 Å². The lowest BCUT2D eigenvalue weighted by molar-refractivity contribution is -0.124. The number of hydrogen-bond acceptors (Lipinski definition) is 5. The van der Waals surface area contributed by atoms with Crippen LogP contribution in [-0.2, 0) is 11.2 Å². The van der Waals surface area contributed by atoms with E-state index in [1.807, 2.05) is 60.8 Å². The Hall–Kier alpha value is -3.87. The van der Waals surface area contributed by atoms with Gasteiger partial charge in [0.05, 0.1) is 5.39 Å². The molecule has 2 atom stereocenters. The van der Waals surface area contributed by atoms with Crippen LogP contribution in [-0.4, -0.2) is 39.5 Å². The normalized spacial score (nSPS) is 18.1. The van der Waals surface area contributed by atoms with E-state index in [9.17, 15) is 4.79 Å². The van der Waals surface area contributed by atoms with Gasteiger partial charge in [-0.05, 0) is 36.6 Å². The Kier molecular flexibility index (Phi) is 5.69. The maximum absolute atomic E-state index is 13.3. The van der Waals surface area contributed by atoms with Crippen LogP contribution < -0.4 is 16.0 Å². The third-order valence-electron chi connectivity index (χ3n) is 6.66. The molecule has 0 bridgehead atoms. The summed E-state index contributed by atoms with van der Waals surface area (Å²) in [5, 5.41) is 4.56. The second-order valence-electron chi connectivity index (χ2n) is 8.71. The summed E-state index contributed by atoms with van der Waals surface area (Å²) in [6.07, 6.45) is 5.82. The molecule has 2 aromatic carbocycles. The molecule has 1 saturated heterocycles. The Labute approximate surface area is 193 Å². The summed E-state index contributed by atoms with van der Waals surface area (Å²) in [4.78, 5) is 27.6.